The molecular formula is C17H25ClN2O4S. The minimum absolute atomic E-state index is 0.0302. The lowest BCUT2D eigenvalue weighted by molar-refractivity contribution is -0.137. The van der Waals surface area contributed by atoms with Gasteiger partial charge in [0.15, 0.2) is 0 Å². The van der Waals surface area contributed by atoms with Gasteiger partial charge < -0.3 is 10.0 Å². The molecule has 1 aromatic carbocycles. The number of sulfonamides is 1. The van der Waals surface area contributed by atoms with Gasteiger partial charge in [-0.1, -0.05) is 23.7 Å². The quantitative estimate of drug-likeness (QED) is 0.809. The van der Waals surface area contributed by atoms with Crippen LogP contribution in [-0.4, -0.2) is 61.9 Å². The van der Waals surface area contributed by atoms with E-state index in [0.717, 1.165) is 0 Å². The molecule has 2 rings (SSSR count). The molecule has 2 atom stereocenters. The fourth-order valence-corrected chi connectivity index (χ4v) is 5.84. The molecule has 0 bridgehead atoms. The summed E-state index contributed by atoms with van der Waals surface area (Å²) in [6.45, 7) is 2.44. The molecule has 25 heavy (non-hydrogen) atoms. The SMILES string of the molecule is Cc1cccc(Cl)c1S(=O)(=O)N1CC[C@H](N(C)C)[C@H](CCC(=O)O)C1. The van der Waals surface area contributed by atoms with E-state index in [4.69, 9.17) is 16.7 Å². The maximum atomic E-state index is 13.1. The van der Waals surface area contributed by atoms with Crippen molar-refractivity contribution in [1.29, 1.82) is 0 Å². The Morgan fingerprint density at radius 2 is 2.08 bits per heavy atom. The van der Waals surface area contributed by atoms with E-state index in [1.165, 1.54) is 4.31 Å². The lowest BCUT2D eigenvalue weighted by Gasteiger charge is -2.41. The van der Waals surface area contributed by atoms with Gasteiger partial charge in [0.2, 0.25) is 10.0 Å². The van der Waals surface area contributed by atoms with Crippen molar-refractivity contribution in [2.24, 2.45) is 5.92 Å². The zero-order valence-electron chi connectivity index (χ0n) is 14.8. The number of aliphatic carboxylic acids is 1. The second-order valence-electron chi connectivity index (χ2n) is 6.76. The van der Waals surface area contributed by atoms with Crippen LogP contribution >= 0.6 is 11.6 Å². The van der Waals surface area contributed by atoms with Crippen LogP contribution in [0.5, 0.6) is 0 Å². The first kappa shape index (κ1) is 20.2. The van der Waals surface area contributed by atoms with E-state index in [-0.39, 0.29) is 28.3 Å². The molecule has 0 unspecified atom stereocenters. The Kier molecular flexibility index (Phi) is 6.48. The maximum Gasteiger partial charge on any atom is 0.303 e. The molecule has 1 heterocycles. The van der Waals surface area contributed by atoms with Crippen LogP contribution in [0.1, 0.15) is 24.8 Å². The number of nitrogens with zero attached hydrogens (tertiary/aromatic N) is 2. The lowest BCUT2D eigenvalue weighted by atomic mass is 9.88. The molecule has 1 aliphatic rings. The molecule has 0 radical (unpaired) electrons. The first-order valence-electron chi connectivity index (χ1n) is 8.28. The zero-order valence-corrected chi connectivity index (χ0v) is 16.3. The van der Waals surface area contributed by atoms with Gasteiger partial charge in [-0.3, -0.25) is 4.79 Å². The van der Waals surface area contributed by atoms with Gasteiger partial charge in [0.1, 0.15) is 4.90 Å². The molecule has 6 nitrogen and oxygen atoms in total. The van der Waals surface area contributed by atoms with Crippen LogP contribution in [0.15, 0.2) is 23.1 Å². The number of hydrogen-bond acceptors (Lipinski definition) is 4. The second-order valence-corrected chi connectivity index (χ2v) is 9.04. The molecule has 140 valence electrons. The third-order valence-electron chi connectivity index (χ3n) is 4.81. The van der Waals surface area contributed by atoms with Crippen LogP contribution < -0.4 is 0 Å². The highest BCUT2D eigenvalue weighted by atomic mass is 35.5. The molecule has 1 aromatic rings. The number of hydrogen-bond donors (Lipinski definition) is 1. The molecule has 0 amide bonds. The van der Waals surface area contributed by atoms with E-state index in [0.29, 0.717) is 31.5 Å². The Balaban J connectivity index is 2.29. The van der Waals surface area contributed by atoms with Crippen molar-refractivity contribution in [3.8, 4) is 0 Å². The number of carbonyl (C=O) groups is 1. The number of piperidine rings is 1. The van der Waals surface area contributed by atoms with Crippen molar-refractivity contribution in [1.82, 2.24) is 9.21 Å². The molecule has 0 spiro atoms. The fourth-order valence-electron chi connectivity index (χ4n) is 3.55. The molecule has 1 N–H and O–H groups in total. The molecule has 1 saturated heterocycles. The van der Waals surface area contributed by atoms with Crippen LogP contribution in [0, 0.1) is 12.8 Å². The van der Waals surface area contributed by atoms with Crippen LogP contribution in [0.3, 0.4) is 0 Å². The van der Waals surface area contributed by atoms with Gasteiger partial charge in [0.25, 0.3) is 0 Å². The number of aryl methyl sites for hydroxylation is 1. The summed E-state index contributed by atoms with van der Waals surface area (Å²) in [4.78, 5) is 13.1. The molecule has 1 fully saturated rings. The van der Waals surface area contributed by atoms with E-state index in [2.05, 4.69) is 4.90 Å². The van der Waals surface area contributed by atoms with Crippen LogP contribution in [0.2, 0.25) is 5.02 Å². The Morgan fingerprint density at radius 3 is 2.64 bits per heavy atom. The van der Waals surface area contributed by atoms with Gasteiger partial charge in [-0.15, -0.1) is 0 Å². The number of carboxylic acid groups (broad SMARTS) is 1. The van der Waals surface area contributed by atoms with Crippen molar-refractivity contribution in [3.63, 3.8) is 0 Å². The molecule has 1 aliphatic heterocycles. The second kappa shape index (κ2) is 8.03. The first-order chi connectivity index (χ1) is 11.6. The third kappa shape index (κ3) is 4.53. The number of benzene rings is 1. The minimum Gasteiger partial charge on any atom is -0.481 e. The van der Waals surface area contributed by atoms with Crippen molar-refractivity contribution in [2.45, 2.75) is 37.1 Å². The monoisotopic (exact) mass is 388 g/mol. The lowest BCUT2D eigenvalue weighted by Crippen LogP contribution is -2.50. The summed E-state index contributed by atoms with van der Waals surface area (Å²) < 4.78 is 27.7. The number of halogens is 1. The average Bonchev–Trinajstić information content (AvgIpc) is 2.52. The van der Waals surface area contributed by atoms with Crippen LogP contribution in [0.4, 0.5) is 0 Å². The maximum absolute atomic E-state index is 13.1. The predicted molar refractivity (Wildman–Crippen MR) is 97.4 cm³/mol. The highest BCUT2D eigenvalue weighted by molar-refractivity contribution is 7.89. The van der Waals surface area contributed by atoms with Gasteiger partial charge >= 0.3 is 5.97 Å². The van der Waals surface area contributed by atoms with Gasteiger partial charge in [0, 0.05) is 25.6 Å². The topological polar surface area (TPSA) is 77.9 Å². The normalized spacial score (nSPS) is 22.3. The fraction of sp³-hybridized carbons (Fsp3) is 0.588. The summed E-state index contributed by atoms with van der Waals surface area (Å²) >= 11 is 6.16. The number of carboxylic acids is 1. The Bertz CT molecular complexity index is 716. The van der Waals surface area contributed by atoms with Gasteiger partial charge in [0.05, 0.1) is 5.02 Å². The van der Waals surface area contributed by atoms with Crippen molar-refractivity contribution in [3.05, 3.63) is 28.8 Å². The highest BCUT2D eigenvalue weighted by Gasteiger charge is 2.37. The Hall–Kier alpha value is -1.15. The van der Waals surface area contributed by atoms with Crippen LogP contribution in [0.25, 0.3) is 0 Å². The first-order valence-corrected chi connectivity index (χ1v) is 10.1. The largest absolute Gasteiger partial charge is 0.481 e. The Labute approximate surface area is 154 Å². The summed E-state index contributed by atoms with van der Waals surface area (Å²) in [7, 11) is 0.182. The predicted octanol–water partition coefficient (Wildman–Crippen LogP) is 2.45. The molecule has 0 aliphatic carbocycles. The third-order valence-corrected chi connectivity index (χ3v) is 7.31. The Morgan fingerprint density at radius 1 is 1.40 bits per heavy atom. The molecular weight excluding hydrogens is 364 g/mol. The highest BCUT2D eigenvalue weighted by Crippen LogP contribution is 2.32. The van der Waals surface area contributed by atoms with E-state index >= 15 is 0 Å². The number of rotatable bonds is 6. The molecule has 0 saturated carbocycles. The van der Waals surface area contributed by atoms with E-state index < -0.39 is 16.0 Å². The van der Waals surface area contributed by atoms with E-state index in [1.807, 2.05) is 14.1 Å². The van der Waals surface area contributed by atoms with Crippen molar-refractivity contribution < 1.29 is 18.3 Å². The summed E-state index contributed by atoms with van der Waals surface area (Å²) in [6, 6.07) is 5.20. The standard InChI is InChI=1S/C17H25ClN2O4S/c1-12-5-4-6-14(18)17(12)25(23,24)20-10-9-15(19(2)3)13(11-20)7-8-16(21)22/h4-6,13,15H,7-11H2,1-3H3,(H,21,22)/t13-,15+/m1/s1. The van der Waals surface area contributed by atoms with Gasteiger partial charge in [-0.25, -0.2) is 8.42 Å². The smallest absolute Gasteiger partial charge is 0.303 e. The van der Waals surface area contributed by atoms with E-state index in [1.54, 1.807) is 25.1 Å². The summed E-state index contributed by atoms with van der Waals surface area (Å²) in [5.41, 5.74) is 0.615. The molecule has 8 heteroatoms. The van der Waals surface area contributed by atoms with Crippen LogP contribution in [-0.2, 0) is 14.8 Å². The summed E-state index contributed by atoms with van der Waals surface area (Å²) in [6.07, 6.45) is 1.15. The van der Waals surface area contributed by atoms with Gasteiger partial charge in [-0.05, 0) is 51.4 Å². The van der Waals surface area contributed by atoms with E-state index in [9.17, 15) is 13.2 Å². The molecule has 0 aromatic heterocycles. The zero-order chi connectivity index (χ0) is 18.8. The average molecular weight is 389 g/mol. The van der Waals surface area contributed by atoms with Crippen molar-refractivity contribution in [2.75, 3.05) is 27.2 Å². The summed E-state index contributed by atoms with van der Waals surface area (Å²) in [5, 5.41) is 9.20. The van der Waals surface area contributed by atoms with Gasteiger partial charge in [-0.2, -0.15) is 4.31 Å². The van der Waals surface area contributed by atoms with Crippen molar-refractivity contribution >= 4 is 27.6 Å². The minimum atomic E-state index is -3.71. The summed E-state index contributed by atoms with van der Waals surface area (Å²) in [5.74, 6) is -0.892.